The molecule has 0 bridgehead atoms. The Bertz CT molecular complexity index is 3030. The van der Waals surface area contributed by atoms with Gasteiger partial charge in [0.15, 0.2) is 19.8 Å². The first kappa shape index (κ1) is 49.6. The zero-order valence-corrected chi connectivity index (χ0v) is 38.8. The Hall–Kier alpha value is -5.41. The number of allylic oxidation sites excluding steroid dienone is 6. The van der Waals surface area contributed by atoms with Crippen molar-refractivity contribution in [2.45, 2.75) is 20.0 Å². The summed E-state index contributed by atoms with van der Waals surface area (Å²) in [5, 5.41) is 15.8. The molecule has 64 heavy (non-hydrogen) atoms. The maximum Gasteiger partial charge on any atom is 0.455 e. The molecule has 0 amide bonds. The van der Waals surface area contributed by atoms with Gasteiger partial charge in [-0.25, -0.2) is 4.79 Å². The van der Waals surface area contributed by atoms with Gasteiger partial charge in [0.05, 0.1) is 5.39 Å². The Morgan fingerprint density at radius 1 is 0.578 bits per heavy atom. The number of hydrogen-bond donors (Lipinski definition) is 1. The predicted octanol–water partition coefficient (Wildman–Crippen LogP) is 12.3. The largest absolute Gasteiger partial charge is 0.506 e. The Kier molecular flexibility index (Phi) is 16.7. The van der Waals surface area contributed by atoms with Gasteiger partial charge in [-0.3, -0.25) is 4.79 Å². The first-order chi connectivity index (χ1) is 30.2. The molecule has 0 aliphatic heterocycles. The van der Waals surface area contributed by atoms with Gasteiger partial charge in [0, 0.05) is 92.0 Å². The van der Waals surface area contributed by atoms with Crippen LogP contribution in [0.15, 0.2) is 219 Å². The standard InChI is InChI=1S/C18H15OP.C17H7F3O5.C16H19OP.Eu/c19-20(16-10-4-1-5-11-16,17-12-6-2-7-13-17)18-14-8-3-9-15-18;18-17(19,20)15(22)13-14(21)12-10(25-16(13)23)6-5-9-11(12)7-3-1-2-4-8(7)24-9;1-5-14(6-2)18(17,15(7-3)8-4)16-12-10-9-11-13-16;/h1-15H;1-6,21H;5-13H,1,3H2,2,4H3;/b;;14-6+,15-8+;. The third-order valence-electron chi connectivity index (χ3n) is 10.1. The van der Waals surface area contributed by atoms with Crippen LogP contribution in [0.4, 0.5) is 13.2 Å². The van der Waals surface area contributed by atoms with Crippen LogP contribution in [0.1, 0.15) is 24.2 Å². The van der Waals surface area contributed by atoms with E-state index in [4.69, 9.17) is 8.83 Å². The quantitative estimate of drug-likeness (QED) is 0.0663. The molecule has 0 atom stereocenters. The van der Waals surface area contributed by atoms with Crippen LogP contribution in [-0.4, -0.2) is 17.1 Å². The number of benzene rings is 6. The van der Waals surface area contributed by atoms with Gasteiger partial charge in [0.1, 0.15) is 22.5 Å². The van der Waals surface area contributed by atoms with E-state index in [-0.39, 0.29) is 71.3 Å². The van der Waals surface area contributed by atoms with E-state index in [0.717, 1.165) is 31.8 Å². The Labute approximate surface area is 408 Å². The normalized spacial score (nSPS) is 12.8. The summed E-state index contributed by atoms with van der Waals surface area (Å²) < 4.78 is 75.9. The molecule has 0 saturated carbocycles. The molecule has 1 radical (unpaired) electrons. The number of fused-ring (bicyclic) bond motifs is 5. The number of ketones is 1. The summed E-state index contributed by atoms with van der Waals surface area (Å²) in [7, 11) is -5.58. The Balaban J connectivity index is 0.000000182. The third kappa shape index (κ3) is 9.95. The SMILES string of the molecule is C=C/C(=C\C)P(=O)(/C(C=C)=C/C)c1ccccc1.O=C(c1c(O)c2c(ccc3oc4ccccc4c32)oc1=O)C(F)(F)F.O=P(c1ccccc1)(c1ccccc1)c1ccccc1.[Eu]. The third-order valence-corrected chi connectivity index (χ3v) is 16.5. The van der Waals surface area contributed by atoms with E-state index in [2.05, 4.69) is 13.2 Å². The molecule has 325 valence electrons. The number of carbonyl (C=O) groups excluding carboxylic acids is 1. The fraction of sp³-hybridized carbons (Fsp3) is 0.0588. The minimum atomic E-state index is -5.33. The van der Waals surface area contributed by atoms with Gasteiger partial charge in [-0.2, -0.15) is 13.2 Å². The smallest absolute Gasteiger partial charge is 0.455 e. The van der Waals surface area contributed by atoms with Crippen molar-refractivity contribution < 1.29 is 90.4 Å². The van der Waals surface area contributed by atoms with Gasteiger partial charge in [-0.1, -0.05) is 177 Å². The number of Topliss-reactive ketones (excluding diaryl/α,β-unsaturated/α-hetero) is 1. The first-order valence-corrected chi connectivity index (χ1v) is 22.9. The summed E-state index contributed by atoms with van der Waals surface area (Å²) in [5.74, 6) is -3.55. The molecule has 6 aromatic carbocycles. The molecule has 2 aromatic heterocycles. The molecule has 1 N–H and O–H groups in total. The monoisotopic (exact) mass is 1040 g/mol. The molecule has 8 aromatic rings. The van der Waals surface area contributed by atoms with Crippen molar-refractivity contribution in [3.05, 3.63) is 222 Å². The summed E-state index contributed by atoms with van der Waals surface area (Å²) in [6.45, 7) is 11.3. The van der Waals surface area contributed by atoms with Gasteiger partial charge in [-0.15, -0.1) is 0 Å². The average Bonchev–Trinajstić information content (AvgIpc) is 3.69. The predicted molar refractivity (Wildman–Crippen MR) is 249 cm³/mol. The minimum Gasteiger partial charge on any atom is -0.506 e. The molecule has 7 nitrogen and oxygen atoms in total. The Morgan fingerprint density at radius 3 is 1.38 bits per heavy atom. The van der Waals surface area contributed by atoms with Crippen LogP contribution in [-0.2, 0) is 9.13 Å². The van der Waals surface area contributed by atoms with E-state index >= 15 is 0 Å². The van der Waals surface area contributed by atoms with Crippen molar-refractivity contribution in [1.29, 1.82) is 0 Å². The van der Waals surface area contributed by atoms with Crippen LogP contribution in [0.2, 0.25) is 0 Å². The molecule has 0 unspecified atom stereocenters. The number of hydrogen-bond acceptors (Lipinski definition) is 7. The second kappa shape index (κ2) is 21.5. The molecular formula is C51H41EuF3O7P2. The average molecular weight is 1040 g/mol. The molecule has 0 saturated heterocycles. The van der Waals surface area contributed by atoms with Crippen molar-refractivity contribution in [2.75, 3.05) is 0 Å². The van der Waals surface area contributed by atoms with Crippen molar-refractivity contribution >= 4 is 74.2 Å². The van der Waals surface area contributed by atoms with Gasteiger partial charge < -0.3 is 23.1 Å². The summed E-state index contributed by atoms with van der Waals surface area (Å²) in [4.78, 5) is 23.3. The van der Waals surface area contributed by atoms with Crippen molar-refractivity contribution in [1.82, 2.24) is 0 Å². The van der Waals surface area contributed by atoms with E-state index in [0.29, 0.717) is 11.0 Å². The van der Waals surface area contributed by atoms with Crippen molar-refractivity contribution in [2.24, 2.45) is 0 Å². The summed E-state index contributed by atoms with van der Waals surface area (Å²) in [6.07, 6.45) is 1.72. The maximum atomic E-state index is 13.8. The number of halogens is 3. The molecule has 0 fully saturated rings. The van der Waals surface area contributed by atoms with Crippen LogP contribution in [0, 0.1) is 49.4 Å². The minimum absolute atomic E-state index is 0. The number of alkyl halides is 3. The zero-order valence-electron chi connectivity index (χ0n) is 34.5. The first-order valence-electron chi connectivity index (χ1n) is 19.5. The summed E-state index contributed by atoms with van der Waals surface area (Å²) in [6, 6.07) is 48.0. The van der Waals surface area contributed by atoms with E-state index in [1.165, 1.54) is 12.1 Å². The number of aromatic hydroxyl groups is 1. The maximum absolute atomic E-state index is 13.8. The van der Waals surface area contributed by atoms with E-state index < -0.39 is 43.2 Å². The fourth-order valence-corrected chi connectivity index (χ4v) is 12.5. The van der Waals surface area contributed by atoms with Crippen LogP contribution < -0.4 is 26.8 Å². The van der Waals surface area contributed by atoms with Crippen LogP contribution >= 0.6 is 14.3 Å². The summed E-state index contributed by atoms with van der Waals surface area (Å²) in [5.41, 5.74) is -2.46. The fourth-order valence-electron chi connectivity index (χ4n) is 7.13. The van der Waals surface area contributed by atoms with E-state index in [1.807, 2.05) is 147 Å². The molecule has 0 aliphatic carbocycles. The zero-order chi connectivity index (χ0) is 45.4. The second-order valence-corrected chi connectivity index (χ2v) is 19.3. The van der Waals surface area contributed by atoms with E-state index in [1.54, 1.807) is 36.4 Å². The molecule has 0 spiro atoms. The van der Waals surface area contributed by atoms with Crippen LogP contribution in [0.3, 0.4) is 0 Å². The van der Waals surface area contributed by atoms with Crippen molar-refractivity contribution in [3.8, 4) is 5.75 Å². The number of para-hydroxylation sites is 1. The van der Waals surface area contributed by atoms with Crippen LogP contribution in [0.5, 0.6) is 5.75 Å². The van der Waals surface area contributed by atoms with Gasteiger partial charge in [-0.05, 0) is 32.0 Å². The molecule has 2 heterocycles. The van der Waals surface area contributed by atoms with E-state index in [9.17, 15) is 37.0 Å². The molecule has 0 aliphatic rings. The second-order valence-electron chi connectivity index (χ2n) is 13.7. The number of furan rings is 1. The summed E-state index contributed by atoms with van der Waals surface area (Å²) >= 11 is 0. The van der Waals surface area contributed by atoms with Gasteiger partial charge >= 0.3 is 11.8 Å². The topological polar surface area (TPSA) is 115 Å². The van der Waals surface area contributed by atoms with Gasteiger partial charge in [0.25, 0.3) is 5.78 Å². The van der Waals surface area contributed by atoms with Crippen molar-refractivity contribution in [3.63, 3.8) is 0 Å². The molecule has 8 rings (SSSR count). The number of rotatable bonds is 9. The Morgan fingerprint density at radius 2 is 0.969 bits per heavy atom. The number of carbonyl (C=O) groups is 1. The van der Waals surface area contributed by atoms with Gasteiger partial charge in [0.2, 0.25) is 0 Å². The van der Waals surface area contributed by atoms with Crippen LogP contribution in [0.25, 0.3) is 32.9 Å². The molecular weight excluding hydrogens is 995 g/mol. The molecule has 13 heteroatoms.